The Kier molecular flexibility index (Phi) is 8.39. The van der Waals surface area contributed by atoms with E-state index in [-0.39, 0.29) is 28.7 Å². The molecule has 4 heterocycles. The first-order valence-corrected chi connectivity index (χ1v) is 14.4. The van der Waals surface area contributed by atoms with Crippen molar-refractivity contribution in [2.45, 2.75) is 94.1 Å². The van der Waals surface area contributed by atoms with Gasteiger partial charge < -0.3 is 26.4 Å². The molecule has 1 aliphatic carbocycles. The zero-order valence-electron chi connectivity index (χ0n) is 21.6. The fraction of sp³-hybridized carbons (Fsp3) is 0.667. The lowest BCUT2D eigenvalue weighted by atomic mass is 9.82. The minimum absolute atomic E-state index is 0.104. The van der Waals surface area contributed by atoms with Gasteiger partial charge in [0.25, 0.3) is 5.91 Å². The molecule has 1 spiro atoms. The number of hydrogen-bond acceptors (Lipinski definition) is 7. The van der Waals surface area contributed by atoms with E-state index >= 15 is 0 Å². The van der Waals surface area contributed by atoms with Crippen molar-refractivity contribution in [1.29, 1.82) is 0 Å². The van der Waals surface area contributed by atoms with Crippen molar-refractivity contribution in [3.63, 3.8) is 0 Å². The van der Waals surface area contributed by atoms with Crippen molar-refractivity contribution in [2.75, 3.05) is 36.0 Å². The van der Waals surface area contributed by atoms with Gasteiger partial charge in [0.15, 0.2) is 5.82 Å². The van der Waals surface area contributed by atoms with Gasteiger partial charge in [-0.25, -0.2) is 4.68 Å². The highest BCUT2D eigenvalue weighted by Crippen LogP contribution is 2.44. The van der Waals surface area contributed by atoms with E-state index in [0.29, 0.717) is 29.4 Å². The van der Waals surface area contributed by atoms with Gasteiger partial charge in [0.05, 0.1) is 17.1 Å². The minimum Gasteiger partial charge on any atom is -0.488 e. The number of rotatable bonds is 4. The molecule has 2 fully saturated rings. The highest BCUT2D eigenvalue weighted by Gasteiger charge is 2.46. The van der Waals surface area contributed by atoms with Crippen molar-refractivity contribution in [3.05, 3.63) is 24.0 Å². The Morgan fingerprint density at radius 1 is 1.11 bits per heavy atom. The number of aromatic nitrogens is 3. The molecule has 3 aliphatic rings. The summed E-state index contributed by atoms with van der Waals surface area (Å²) < 4.78 is 8.18. The molecule has 37 heavy (non-hydrogen) atoms. The highest BCUT2D eigenvalue weighted by atomic mass is 35.5. The lowest BCUT2D eigenvalue weighted by Gasteiger charge is -2.43. The number of alkyl halides is 1. The molecule has 202 valence electrons. The third kappa shape index (κ3) is 5.67. The van der Waals surface area contributed by atoms with Gasteiger partial charge in [-0.3, -0.25) is 9.78 Å². The number of nitrogens with zero attached hydrogens (tertiary/aromatic N) is 3. The molecule has 1 amide bonds. The van der Waals surface area contributed by atoms with Crippen LogP contribution >= 0.6 is 11.6 Å². The van der Waals surface area contributed by atoms with Gasteiger partial charge in [-0.05, 0) is 38.8 Å². The summed E-state index contributed by atoms with van der Waals surface area (Å²) in [6.45, 7) is 2.42. The van der Waals surface area contributed by atoms with Crippen LogP contribution in [0.25, 0.3) is 0 Å². The van der Waals surface area contributed by atoms with Crippen molar-refractivity contribution in [3.8, 4) is 5.75 Å². The Labute approximate surface area is 224 Å². The van der Waals surface area contributed by atoms with Gasteiger partial charge in [-0.2, -0.15) is 5.10 Å². The molecule has 10 heteroatoms. The Morgan fingerprint density at radius 3 is 2.49 bits per heavy atom. The summed E-state index contributed by atoms with van der Waals surface area (Å²) in [6.07, 6.45) is 16.8. The van der Waals surface area contributed by atoms with E-state index in [1.54, 1.807) is 18.5 Å². The van der Waals surface area contributed by atoms with E-state index < -0.39 is 0 Å². The van der Waals surface area contributed by atoms with Crippen molar-refractivity contribution >= 4 is 34.8 Å². The molecule has 5 N–H and O–H groups in total. The fourth-order valence-corrected chi connectivity index (χ4v) is 6.47. The van der Waals surface area contributed by atoms with Crippen LogP contribution in [0, 0.1) is 0 Å². The van der Waals surface area contributed by atoms with Crippen LogP contribution in [0.3, 0.4) is 0 Å². The first-order chi connectivity index (χ1) is 18.1. The average Bonchev–Trinajstić information content (AvgIpc) is 3.22. The zero-order chi connectivity index (χ0) is 25.7. The summed E-state index contributed by atoms with van der Waals surface area (Å²) in [5.41, 5.74) is 6.95. The molecule has 5 rings (SSSR count). The Bertz CT molecular complexity index is 1060. The fourth-order valence-electron chi connectivity index (χ4n) is 6.08. The molecule has 0 radical (unpaired) electrons. The van der Waals surface area contributed by atoms with Crippen LogP contribution in [0.5, 0.6) is 5.75 Å². The van der Waals surface area contributed by atoms with Gasteiger partial charge in [0.2, 0.25) is 0 Å². The van der Waals surface area contributed by atoms with Crippen LogP contribution in [0.1, 0.15) is 87.4 Å². The summed E-state index contributed by atoms with van der Waals surface area (Å²) >= 11 is 7.03. The number of fused-ring (bicyclic) bond motifs is 2. The quantitative estimate of drug-likeness (QED) is 0.416. The number of ether oxygens (including phenoxy) is 1. The van der Waals surface area contributed by atoms with Gasteiger partial charge in [0.1, 0.15) is 28.9 Å². The number of nitrogens with one attached hydrogen (secondary N) is 3. The third-order valence-electron chi connectivity index (χ3n) is 8.17. The third-order valence-corrected chi connectivity index (χ3v) is 8.73. The Hall–Kier alpha value is -2.52. The number of carbonyl (C=O) groups is 1. The molecule has 9 nitrogen and oxygen atoms in total. The molecule has 1 saturated heterocycles. The topological polar surface area (TPSA) is 119 Å². The van der Waals surface area contributed by atoms with Crippen molar-refractivity contribution < 1.29 is 9.53 Å². The molecule has 2 aliphatic heterocycles. The molecule has 1 atom stereocenters. The monoisotopic (exact) mass is 529 g/mol. The smallest absolute Gasteiger partial charge is 0.263 e. The maximum Gasteiger partial charge on any atom is 0.263 e. The normalized spacial score (nSPS) is 22.9. The first-order valence-electron chi connectivity index (χ1n) is 14.0. The number of anilines is 3. The summed E-state index contributed by atoms with van der Waals surface area (Å²) in [4.78, 5) is 17.8. The Morgan fingerprint density at radius 2 is 1.78 bits per heavy atom. The van der Waals surface area contributed by atoms with Gasteiger partial charge in [0, 0.05) is 18.8 Å². The molecular formula is C27H40ClN7O2. The second-order valence-electron chi connectivity index (χ2n) is 10.7. The average molecular weight is 530 g/mol. The number of nitrogen functional groups attached to an aromatic ring is 1. The van der Waals surface area contributed by atoms with E-state index in [1.807, 2.05) is 4.68 Å². The number of amides is 1. The number of nitrogens with two attached hydrogens (primary N) is 1. The molecule has 1 saturated carbocycles. The minimum atomic E-state index is -0.350. The summed E-state index contributed by atoms with van der Waals surface area (Å²) in [6, 6.07) is 1.79. The second-order valence-corrected chi connectivity index (χ2v) is 11.2. The van der Waals surface area contributed by atoms with Crippen LogP contribution in [-0.4, -0.2) is 51.8 Å². The zero-order valence-corrected chi connectivity index (χ0v) is 22.4. The van der Waals surface area contributed by atoms with E-state index in [1.165, 1.54) is 38.5 Å². The van der Waals surface area contributed by atoms with E-state index in [2.05, 4.69) is 20.9 Å². The Balaban J connectivity index is 1.41. The highest BCUT2D eigenvalue weighted by molar-refractivity contribution is 6.22. The molecule has 0 bridgehead atoms. The number of pyridine rings is 1. The van der Waals surface area contributed by atoms with Crippen molar-refractivity contribution in [2.24, 2.45) is 0 Å². The summed E-state index contributed by atoms with van der Waals surface area (Å²) in [7, 11) is 0. The predicted molar refractivity (Wildman–Crippen MR) is 148 cm³/mol. The number of carbonyl (C=O) groups excluding carboxylic acids is 1. The SMILES string of the molecule is Nc1nn2c(c1C(=O)Nc1cnccc1OC1CCNCC1)NCC(Cl)C21CCCCCCCCCC1. The van der Waals surface area contributed by atoms with Crippen molar-refractivity contribution in [1.82, 2.24) is 20.1 Å². The van der Waals surface area contributed by atoms with Crippen LogP contribution in [0.15, 0.2) is 18.5 Å². The molecule has 2 aromatic heterocycles. The lowest BCUT2D eigenvalue weighted by molar-refractivity contribution is 0.102. The van der Waals surface area contributed by atoms with Crippen LogP contribution < -0.4 is 26.4 Å². The van der Waals surface area contributed by atoms with Gasteiger partial charge in [-0.15, -0.1) is 11.6 Å². The van der Waals surface area contributed by atoms with Crippen LogP contribution in [0.4, 0.5) is 17.3 Å². The van der Waals surface area contributed by atoms with Gasteiger partial charge in [-0.1, -0.05) is 51.4 Å². The molecule has 1 unspecified atom stereocenters. The first kappa shape index (κ1) is 26.1. The van der Waals surface area contributed by atoms with Gasteiger partial charge >= 0.3 is 0 Å². The number of piperidine rings is 1. The van der Waals surface area contributed by atoms with Crippen LogP contribution in [-0.2, 0) is 5.54 Å². The maximum atomic E-state index is 13.6. The second kappa shape index (κ2) is 11.9. The molecule has 0 aromatic carbocycles. The van der Waals surface area contributed by atoms with E-state index in [9.17, 15) is 4.79 Å². The number of halogens is 1. The molecule has 2 aromatic rings. The summed E-state index contributed by atoms with van der Waals surface area (Å²) in [5, 5.41) is 14.3. The largest absolute Gasteiger partial charge is 0.488 e. The lowest BCUT2D eigenvalue weighted by Crippen LogP contribution is -2.50. The van der Waals surface area contributed by atoms with E-state index in [4.69, 9.17) is 27.2 Å². The standard InChI is InChI=1S/C27H40ClN7O2/c28-22-18-32-25-23(24(29)34-35(25)27(22)12-7-5-3-1-2-4-6-8-13-27)26(36)33-20-17-31-16-11-21(20)37-19-9-14-30-15-10-19/h11,16-17,19,22,30,32H,1-10,12-15,18H2,(H2,29,34)(H,33,36). The molecular weight excluding hydrogens is 490 g/mol. The predicted octanol–water partition coefficient (Wildman–Crippen LogP) is 4.89. The van der Waals surface area contributed by atoms with E-state index in [0.717, 1.165) is 51.6 Å². The maximum absolute atomic E-state index is 13.6. The summed E-state index contributed by atoms with van der Waals surface area (Å²) in [5.74, 6) is 1.16. The number of hydrogen-bond donors (Lipinski definition) is 4. The van der Waals surface area contributed by atoms with Crippen LogP contribution in [0.2, 0.25) is 0 Å².